The maximum Gasteiger partial charge on any atom is 0.124 e. The van der Waals surface area contributed by atoms with Gasteiger partial charge in [-0.05, 0) is 24.1 Å². The topological polar surface area (TPSA) is 0 Å². The minimum absolute atomic E-state index is 0.447. The Hall–Kier alpha value is 0.280. The molecule has 3 heteroatoms. The Morgan fingerprint density at radius 3 is 2.25 bits per heavy atom. The molecule has 0 saturated carbocycles. The summed E-state index contributed by atoms with van der Waals surface area (Å²) in [5, 5.41) is 0.731. The second-order valence-electron chi connectivity index (χ2n) is 2.56. The molecular weight excluding hydrogens is 259 g/mol. The Labute approximate surface area is 91.0 Å². The second kappa shape index (κ2) is 3.99. The van der Waals surface area contributed by atoms with Crippen molar-refractivity contribution in [2.45, 2.75) is 17.1 Å². The SMILES string of the molecule is CCC(Cl)(Br)c1ccc(Cl)cc1. The molecule has 0 saturated heterocycles. The fourth-order valence-electron chi connectivity index (χ4n) is 0.898. The molecule has 0 N–H and O–H groups in total. The molecule has 1 atom stereocenters. The van der Waals surface area contributed by atoms with Crippen LogP contribution in [0.15, 0.2) is 24.3 Å². The number of hydrogen-bond donors (Lipinski definition) is 0. The van der Waals surface area contributed by atoms with E-state index in [0.717, 1.165) is 17.0 Å². The van der Waals surface area contributed by atoms with Crippen molar-refractivity contribution in [2.75, 3.05) is 0 Å². The lowest BCUT2D eigenvalue weighted by atomic mass is 10.1. The highest BCUT2D eigenvalue weighted by atomic mass is 79.9. The Balaban J connectivity index is 2.96. The predicted octanol–water partition coefficient (Wildman–Crippen LogP) is 4.54. The summed E-state index contributed by atoms with van der Waals surface area (Å²) in [4.78, 5) is 0. The van der Waals surface area contributed by atoms with Gasteiger partial charge in [0.15, 0.2) is 0 Å². The van der Waals surface area contributed by atoms with Crippen LogP contribution >= 0.6 is 39.1 Å². The molecule has 0 aliphatic rings. The van der Waals surface area contributed by atoms with E-state index in [4.69, 9.17) is 23.2 Å². The summed E-state index contributed by atoms with van der Waals surface area (Å²) in [6, 6.07) is 7.52. The van der Waals surface area contributed by atoms with Gasteiger partial charge in [-0.3, -0.25) is 0 Å². The van der Waals surface area contributed by atoms with Crippen molar-refractivity contribution < 1.29 is 0 Å². The van der Waals surface area contributed by atoms with Gasteiger partial charge in [0.05, 0.1) is 0 Å². The molecule has 0 heterocycles. The van der Waals surface area contributed by atoms with Crippen molar-refractivity contribution in [1.29, 1.82) is 0 Å². The quantitative estimate of drug-likeness (QED) is 0.691. The Kier molecular flexibility index (Phi) is 3.45. The fraction of sp³-hybridized carbons (Fsp3) is 0.333. The third-order valence-electron chi connectivity index (χ3n) is 1.71. The van der Waals surface area contributed by atoms with Gasteiger partial charge in [-0.25, -0.2) is 0 Å². The summed E-state index contributed by atoms with van der Waals surface area (Å²) in [5.41, 5.74) is 1.04. The first-order valence-electron chi connectivity index (χ1n) is 3.70. The summed E-state index contributed by atoms with van der Waals surface area (Å²) in [7, 11) is 0. The highest BCUT2D eigenvalue weighted by molar-refractivity contribution is 9.10. The lowest BCUT2D eigenvalue weighted by Crippen LogP contribution is -2.06. The molecule has 66 valence electrons. The van der Waals surface area contributed by atoms with E-state index in [1.807, 2.05) is 31.2 Å². The summed E-state index contributed by atoms with van der Waals surface area (Å²) in [6.07, 6.45) is 0.830. The van der Waals surface area contributed by atoms with Crippen LogP contribution in [0.25, 0.3) is 0 Å². The van der Waals surface area contributed by atoms with Crippen molar-refractivity contribution in [2.24, 2.45) is 0 Å². The summed E-state index contributed by atoms with van der Waals surface area (Å²) >= 11 is 15.4. The lowest BCUT2D eigenvalue weighted by Gasteiger charge is -2.17. The van der Waals surface area contributed by atoms with Crippen LogP contribution < -0.4 is 0 Å². The zero-order chi connectivity index (χ0) is 9.19. The normalized spacial score (nSPS) is 15.7. The van der Waals surface area contributed by atoms with E-state index < -0.39 is 3.78 Å². The summed E-state index contributed by atoms with van der Waals surface area (Å²) in [5.74, 6) is 0. The van der Waals surface area contributed by atoms with Crippen LogP contribution in [-0.4, -0.2) is 0 Å². The highest BCUT2D eigenvalue weighted by Gasteiger charge is 2.22. The molecule has 0 aliphatic carbocycles. The van der Waals surface area contributed by atoms with Gasteiger partial charge in [0, 0.05) is 5.02 Å². The molecule has 1 aromatic rings. The Morgan fingerprint density at radius 1 is 1.33 bits per heavy atom. The van der Waals surface area contributed by atoms with Crippen LogP contribution in [0, 0.1) is 0 Å². The van der Waals surface area contributed by atoms with Crippen molar-refractivity contribution >= 4 is 39.1 Å². The molecule has 0 aliphatic heterocycles. The molecule has 0 amide bonds. The number of hydrogen-bond acceptors (Lipinski definition) is 0. The molecule has 1 unspecified atom stereocenters. The monoisotopic (exact) mass is 266 g/mol. The summed E-state index contributed by atoms with van der Waals surface area (Å²) < 4.78 is -0.447. The molecule has 12 heavy (non-hydrogen) atoms. The standard InChI is InChI=1S/C9H9BrCl2/c1-2-9(10,12)7-3-5-8(11)6-4-7/h3-6H,2H2,1H3. The molecule has 1 aromatic carbocycles. The fourth-order valence-corrected chi connectivity index (χ4v) is 1.41. The van der Waals surface area contributed by atoms with Crippen molar-refractivity contribution in [3.8, 4) is 0 Å². The zero-order valence-corrected chi connectivity index (χ0v) is 9.75. The minimum Gasteiger partial charge on any atom is -0.101 e. The van der Waals surface area contributed by atoms with Gasteiger partial charge in [0.2, 0.25) is 0 Å². The number of alkyl halides is 2. The number of benzene rings is 1. The molecule has 0 bridgehead atoms. The van der Waals surface area contributed by atoms with Gasteiger partial charge >= 0.3 is 0 Å². The van der Waals surface area contributed by atoms with E-state index in [0.29, 0.717) is 0 Å². The van der Waals surface area contributed by atoms with E-state index in [9.17, 15) is 0 Å². The minimum atomic E-state index is -0.447. The van der Waals surface area contributed by atoms with Gasteiger partial charge in [0.1, 0.15) is 3.78 Å². The second-order valence-corrected chi connectivity index (χ2v) is 5.46. The van der Waals surface area contributed by atoms with Crippen molar-refractivity contribution in [1.82, 2.24) is 0 Å². The molecule has 0 radical (unpaired) electrons. The molecule has 0 nitrogen and oxygen atoms in total. The number of rotatable bonds is 2. The molecule has 0 spiro atoms. The molecule has 0 fully saturated rings. The van der Waals surface area contributed by atoms with Crippen LogP contribution in [0.5, 0.6) is 0 Å². The lowest BCUT2D eigenvalue weighted by molar-refractivity contribution is 0.835. The van der Waals surface area contributed by atoms with Crippen molar-refractivity contribution in [3.05, 3.63) is 34.9 Å². The van der Waals surface area contributed by atoms with E-state index in [-0.39, 0.29) is 0 Å². The molecule has 1 rings (SSSR count). The van der Waals surface area contributed by atoms with Crippen LogP contribution in [-0.2, 0) is 3.78 Å². The summed E-state index contributed by atoms with van der Waals surface area (Å²) in [6.45, 7) is 2.02. The molecule has 0 aromatic heterocycles. The van der Waals surface area contributed by atoms with Gasteiger partial charge in [-0.2, -0.15) is 0 Å². The van der Waals surface area contributed by atoms with E-state index in [1.165, 1.54) is 0 Å². The van der Waals surface area contributed by atoms with Crippen LogP contribution in [0.3, 0.4) is 0 Å². The first-order chi connectivity index (χ1) is 5.56. The average molecular weight is 268 g/mol. The highest BCUT2D eigenvalue weighted by Crippen LogP contribution is 2.39. The largest absolute Gasteiger partial charge is 0.124 e. The maximum absolute atomic E-state index is 6.17. The number of halogens is 3. The predicted molar refractivity (Wildman–Crippen MR) is 58.2 cm³/mol. The molecular formula is C9H9BrCl2. The van der Waals surface area contributed by atoms with E-state index >= 15 is 0 Å². The average Bonchev–Trinajstić information content (AvgIpc) is 2.05. The third-order valence-corrected chi connectivity index (χ3v) is 3.47. The van der Waals surface area contributed by atoms with E-state index in [1.54, 1.807) is 0 Å². The van der Waals surface area contributed by atoms with Crippen LogP contribution in [0.2, 0.25) is 5.02 Å². The maximum atomic E-state index is 6.17. The zero-order valence-electron chi connectivity index (χ0n) is 6.65. The van der Waals surface area contributed by atoms with E-state index in [2.05, 4.69) is 15.9 Å². The smallest absolute Gasteiger partial charge is 0.101 e. The first kappa shape index (κ1) is 10.4. The van der Waals surface area contributed by atoms with Gasteiger partial charge < -0.3 is 0 Å². The van der Waals surface area contributed by atoms with Crippen LogP contribution in [0.1, 0.15) is 18.9 Å². The first-order valence-corrected chi connectivity index (χ1v) is 5.25. The van der Waals surface area contributed by atoms with Gasteiger partial charge in [-0.1, -0.05) is 46.6 Å². The van der Waals surface area contributed by atoms with Crippen molar-refractivity contribution in [3.63, 3.8) is 0 Å². The van der Waals surface area contributed by atoms with Crippen LogP contribution in [0.4, 0.5) is 0 Å². The van der Waals surface area contributed by atoms with Gasteiger partial charge in [0.25, 0.3) is 0 Å². The third kappa shape index (κ3) is 2.38. The Morgan fingerprint density at radius 2 is 1.83 bits per heavy atom. The van der Waals surface area contributed by atoms with Gasteiger partial charge in [-0.15, -0.1) is 11.6 Å². The Bertz CT molecular complexity index is 254.